The number of halogens is 5. The highest BCUT2D eigenvalue weighted by Crippen LogP contribution is 2.37. The van der Waals surface area contributed by atoms with Gasteiger partial charge in [0.25, 0.3) is 0 Å². The van der Waals surface area contributed by atoms with Crippen LogP contribution in [-0.4, -0.2) is 50.5 Å². The number of unbranched alkanes of at least 4 members (excludes halogenated alkanes) is 1. The van der Waals surface area contributed by atoms with E-state index in [0.717, 1.165) is 35.7 Å². The van der Waals surface area contributed by atoms with Gasteiger partial charge in [0.05, 0.1) is 22.5 Å². The maximum atomic E-state index is 13.5. The molecule has 0 unspecified atom stereocenters. The number of amides is 2. The molecule has 0 aromatic heterocycles. The predicted molar refractivity (Wildman–Crippen MR) is 141 cm³/mol. The van der Waals surface area contributed by atoms with Gasteiger partial charge >= 0.3 is 6.18 Å². The molecule has 0 saturated heterocycles. The number of anilines is 1. The van der Waals surface area contributed by atoms with Crippen LogP contribution in [0.1, 0.15) is 37.8 Å². The van der Waals surface area contributed by atoms with Crippen molar-refractivity contribution in [1.29, 1.82) is 0 Å². The average Bonchev–Trinajstić information content (AvgIpc) is 2.80. The summed E-state index contributed by atoms with van der Waals surface area (Å²) in [6.45, 7) is 3.02. The van der Waals surface area contributed by atoms with E-state index in [-0.39, 0.29) is 12.2 Å². The van der Waals surface area contributed by atoms with Crippen molar-refractivity contribution in [3.63, 3.8) is 0 Å². The van der Waals surface area contributed by atoms with Crippen molar-refractivity contribution in [3.8, 4) is 0 Å². The molecule has 0 bridgehead atoms. The Kier molecular flexibility index (Phi) is 10.8. The summed E-state index contributed by atoms with van der Waals surface area (Å²) < 4.78 is 66.7. The minimum Gasteiger partial charge on any atom is -0.354 e. The smallest absolute Gasteiger partial charge is 0.354 e. The number of rotatable bonds is 11. The molecule has 0 fully saturated rings. The first-order valence-corrected chi connectivity index (χ1v) is 14.3. The molecule has 0 radical (unpaired) electrons. The van der Waals surface area contributed by atoms with Crippen LogP contribution in [0.3, 0.4) is 0 Å². The lowest BCUT2D eigenvalue weighted by Crippen LogP contribution is -2.51. The first kappa shape index (κ1) is 30.9. The lowest BCUT2D eigenvalue weighted by molar-refractivity contribution is -0.139. The number of nitrogens with one attached hydrogen (secondary N) is 1. The molecule has 2 rings (SSSR count). The van der Waals surface area contributed by atoms with Crippen LogP contribution in [0.4, 0.5) is 18.9 Å². The van der Waals surface area contributed by atoms with Crippen LogP contribution in [0.5, 0.6) is 0 Å². The van der Waals surface area contributed by atoms with E-state index >= 15 is 0 Å². The SMILES string of the molecule is CCCCNC(=O)[C@H](C)N(Cc1ccc(Br)cc1)C(=O)CN(c1ccc(Cl)c(C(F)(F)F)c1)S(C)(=O)=O. The molecule has 0 heterocycles. The summed E-state index contributed by atoms with van der Waals surface area (Å²) in [5.41, 5.74) is -0.944. The third-order valence-corrected chi connectivity index (χ3v) is 7.48. The van der Waals surface area contributed by atoms with E-state index in [9.17, 15) is 31.2 Å². The van der Waals surface area contributed by atoms with Crippen LogP contribution in [0.15, 0.2) is 46.9 Å². The molecular weight excluding hydrogens is 599 g/mol. The fourth-order valence-corrected chi connectivity index (χ4v) is 4.74. The van der Waals surface area contributed by atoms with Crippen LogP contribution < -0.4 is 9.62 Å². The van der Waals surface area contributed by atoms with Crippen LogP contribution in [0.2, 0.25) is 5.02 Å². The van der Waals surface area contributed by atoms with Gasteiger partial charge in [-0.2, -0.15) is 13.2 Å². The van der Waals surface area contributed by atoms with Crippen molar-refractivity contribution in [2.24, 2.45) is 0 Å². The summed E-state index contributed by atoms with van der Waals surface area (Å²) in [5, 5.41) is 2.14. The quantitative estimate of drug-likeness (QED) is 0.347. The number of sulfonamides is 1. The highest BCUT2D eigenvalue weighted by molar-refractivity contribution is 9.10. The molecule has 1 N–H and O–H groups in total. The van der Waals surface area contributed by atoms with Gasteiger partial charge in [-0.05, 0) is 49.2 Å². The highest BCUT2D eigenvalue weighted by atomic mass is 79.9. The molecule has 2 aromatic carbocycles. The van der Waals surface area contributed by atoms with Gasteiger partial charge in [0.15, 0.2) is 0 Å². The summed E-state index contributed by atoms with van der Waals surface area (Å²) >= 11 is 9.00. The number of hydrogen-bond donors (Lipinski definition) is 1. The van der Waals surface area contributed by atoms with Gasteiger partial charge < -0.3 is 10.2 Å². The Morgan fingerprint density at radius 2 is 1.76 bits per heavy atom. The second-order valence-corrected chi connectivity index (χ2v) is 11.6. The van der Waals surface area contributed by atoms with E-state index in [1.807, 2.05) is 6.92 Å². The number of alkyl halides is 3. The zero-order chi connectivity index (χ0) is 28.0. The fraction of sp³-hybridized carbons (Fsp3) is 0.417. The number of carbonyl (C=O) groups is 2. The normalized spacial score (nSPS) is 12.6. The van der Waals surface area contributed by atoms with Crippen molar-refractivity contribution in [2.75, 3.05) is 23.7 Å². The van der Waals surface area contributed by atoms with Gasteiger partial charge in [0, 0.05) is 17.6 Å². The maximum Gasteiger partial charge on any atom is 0.417 e. The summed E-state index contributed by atoms with van der Waals surface area (Å²) in [5.74, 6) is -1.20. The second kappa shape index (κ2) is 13.0. The van der Waals surface area contributed by atoms with Crippen molar-refractivity contribution in [3.05, 3.63) is 63.1 Å². The minimum absolute atomic E-state index is 0.0273. The first-order chi connectivity index (χ1) is 17.1. The van der Waals surface area contributed by atoms with Gasteiger partial charge in [0.1, 0.15) is 12.6 Å². The van der Waals surface area contributed by atoms with Crippen molar-refractivity contribution < 1.29 is 31.2 Å². The van der Waals surface area contributed by atoms with Crippen LogP contribution in [0, 0.1) is 0 Å². The second-order valence-electron chi connectivity index (χ2n) is 8.40. The average molecular weight is 627 g/mol. The standard InChI is InChI=1S/C24H28BrClF3N3O4S/c1-4-5-12-30-23(34)16(2)31(14-17-6-8-18(25)9-7-17)22(33)15-32(37(3,35)36)19-10-11-21(26)20(13-19)24(27,28)29/h6-11,13,16H,4-5,12,14-15H2,1-3H3,(H,30,34)/t16-/m0/s1. The summed E-state index contributed by atoms with van der Waals surface area (Å²) in [6, 6.07) is 8.57. The van der Waals surface area contributed by atoms with Gasteiger partial charge in [-0.3, -0.25) is 13.9 Å². The van der Waals surface area contributed by atoms with E-state index in [0.29, 0.717) is 22.5 Å². The minimum atomic E-state index is -4.83. The maximum absolute atomic E-state index is 13.5. The van der Waals surface area contributed by atoms with E-state index in [4.69, 9.17) is 11.6 Å². The molecule has 1 atom stereocenters. The molecule has 0 spiro atoms. The summed E-state index contributed by atoms with van der Waals surface area (Å²) in [6.07, 6.45) is -2.47. The molecule has 2 aromatic rings. The van der Waals surface area contributed by atoms with E-state index in [1.54, 1.807) is 24.3 Å². The van der Waals surface area contributed by atoms with Gasteiger partial charge in [-0.15, -0.1) is 0 Å². The van der Waals surface area contributed by atoms with Gasteiger partial charge in [0.2, 0.25) is 21.8 Å². The Bertz CT molecular complexity index is 1210. The topological polar surface area (TPSA) is 86.8 Å². The number of benzene rings is 2. The Labute approximate surface area is 228 Å². The van der Waals surface area contributed by atoms with Crippen molar-refractivity contribution >= 4 is 55.1 Å². The van der Waals surface area contributed by atoms with Crippen LogP contribution in [-0.2, 0) is 32.3 Å². The Balaban J connectivity index is 2.43. The molecule has 2 amide bonds. The van der Waals surface area contributed by atoms with Gasteiger partial charge in [-0.25, -0.2) is 8.42 Å². The van der Waals surface area contributed by atoms with Crippen LogP contribution >= 0.6 is 27.5 Å². The molecule has 204 valence electrons. The summed E-state index contributed by atoms with van der Waals surface area (Å²) in [7, 11) is -4.19. The van der Waals surface area contributed by atoms with E-state index in [2.05, 4.69) is 21.2 Å². The van der Waals surface area contributed by atoms with E-state index in [1.165, 1.54) is 11.8 Å². The first-order valence-electron chi connectivity index (χ1n) is 11.3. The Morgan fingerprint density at radius 3 is 2.30 bits per heavy atom. The third kappa shape index (κ3) is 8.89. The molecule has 37 heavy (non-hydrogen) atoms. The Morgan fingerprint density at radius 1 is 1.14 bits per heavy atom. The summed E-state index contributed by atoms with van der Waals surface area (Å²) in [4.78, 5) is 27.4. The lowest BCUT2D eigenvalue weighted by atomic mass is 10.1. The van der Waals surface area contributed by atoms with Crippen molar-refractivity contribution in [2.45, 2.75) is 45.5 Å². The largest absolute Gasteiger partial charge is 0.417 e. The molecule has 0 aliphatic heterocycles. The zero-order valence-electron chi connectivity index (χ0n) is 20.5. The molecular formula is C24H28BrClF3N3O4S. The Hall–Kier alpha value is -2.31. The molecule has 0 aliphatic rings. The third-order valence-electron chi connectivity index (χ3n) is 5.49. The predicted octanol–water partition coefficient (Wildman–Crippen LogP) is 5.22. The van der Waals surface area contributed by atoms with Crippen molar-refractivity contribution in [1.82, 2.24) is 10.2 Å². The molecule has 7 nitrogen and oxygen atoms in total. The van der Waals surface area contributed by atoms with Gasteiger partial charge in [-0.1, -0.05) is 53.0 Å². The number of carbonyl (C=O) groups excluding carboxylic acids is 2. The number of nitrogens with zero attached hydrogens (tertiary/aromatic N) is 2. The van der Waals surface area contributed by atoms with Crippen LogP contribution in [0.25, 0.3) is 0 Å². The monoisotopic (exact) mass is 625 g/mol. The molecule has 0 saturated carbocycles. The van der Waals surface area contributed by atoms with E-state index < -0.39 is 51.2 Å². The zero-order valence-corrected chi connectivity index (χ0v) is 23.6. The molecule has 13 heteroatoms. The number of hydrogen-bond acceptors (Lipinski definition) is 4. The lowest BCUT2D eigenvalue weighted by Gasteiger charge is -2.31. The highest BCUT2D eigenvalue weighted by Gasteiger charge is 2.35. The molecule has 0 aliphatic carbocycles. The fourth-order valence-electron chi connectivity index (χ4n) is 3.40.